The fourth-order valence-electron chi connectivity index (χ4n) is 2.52. The molecular formula is C14H23NS. The number of thiophene rings is 1. The summed E-state index contributed by atoms with van der Waals surface area (Å²) in [5.41, 5.74) is 0.397. The molecule has 1 saturated carbocycles. The molecule has 90 valence electrons. The lowest BCUT2D eigenvalue weighted by molar-refractivity contribution is 0.253. The minimum atomic E-state index is 0.397. The topological polar surface area (TPSA) is 12.0 Å². The summed E-state index contributed by atoms with van der Waals surface area (Å²) >= 11 is 1.96. The summed E-state index contributed by atoms with van der Waals surface area (Å²) in [7, 11) is 0. The Morgan fingerprint density at radius 1 is 1.19 bits per heavy atom. The van der Waals surface area contributed by atoms with Gasteiger partial charge in [0.1, 0.15) is 0 Å². The van der Waals surface area contributed by atoms with Gasteiger partial charge in [0.15, 0.2) is 0 Å². The lowest BCUT2D eigenvalue weighted by atomic mass is 9.83. The Morgan fingerprint density at radius 2 is 1.88 bits per heavy atom. The second-order valence-corrected chi connectivity index (χ2v) is 6.45. The monoisotopic (exact) mass is 237 g/mol. The highest BCUT2D eigenvalue weighted by atomic mass is 32.1. The maximum absolute atomic E-state index is 3.76. The van der Waals surface area contributed by atoms with E-state index in [0.29, 0.717) is 5.54 Å². The van der Waals surface area contributed by atoms with Crippen LogP contribution < -0.4 is 5.32 Å². The SMILES string of the molecule is CCc1ccc(CNC2(C)CCCCC2)s1. The summed E-state index contributed by atoms with van der Waals surface area (Å²) in [6, 6.07) is 4.55. The van der Waals surface area contributed by atoms with Crippen LogP contribution in [-0.2, 0) is 13.0 Å². The molecule has 0 unspecified atom stereocenters. The van der Waals surface area contributed by atoms with E-state index in [9.17, 15) is 0 Å². The summed E-state index contributed by atoms with van der Waals surface area (Å²) in [4.78, 5) is 2.99. The van der Waals surface area contributed by atoms with Crippen LogP contribution in [0.5, 0.6) is 0 Å². The van der Waals surface area contributed by atoms with E-state index in [1.165, 1.54) is 48.3 Å². The molecule has 1 aromatic rings. The molecule has 0 atom stereocenters. The van der Waals surface area contributed by atoms with Crippen LogP contribution in [0.4, 0.5) is 0 Å². The molecule has 1 nitrogen and oxygen atoms in total. The Labute approximate surface area is 103 Å². The standard InChI is InChI=1S/C14H23NS/c1-3-12-7-8-13(16-12)11-15-14(2)9-5-4-6-10-14/h7-8,15H,3-6,9-11H2,1-2H3. The van der Waals surface area contributed by atoms with Crippen molar-refractivity contribution in [1.29, 1.82) is 0 Å². The van der Waals surface area contributed by atoms with Crippen molar-refractivity contribution in [2.24, 2.45) is 0 Å². The van der Waals surface area contributed by atoms with E-state index >= 15 is 0 Å². The van der Waals surface area contributed by atoms with E-state index in [2.05, 4.69) is 31.3 Å². The van der Waals surface area contributed by atoms with Gasteiger partial charge in [0.05, 0.1) is 0 Å². The van der Waals surface area contributed by atoms with E-state index in [-0.39, 0.29) is 0 Å². The van der Waals surface area contributed by atoms with E-state index in [4.69, 9.17) is 0 Å². The first kappa shape index (κ1) is 12.1. The Bertz CT molecular complexity index is 323. The number of nitrogens with one attached hydrogen (secondary N) is 1. The summed E-state index contributed by atoms with van der Waals surface area (Å²) in [5.74, 6) is 0. The van der Waals surface area contributed by atoms with Gasteiger partial charge in [-0.15, -0.1) is 11.3 Å². The van der Waals surface area contributed by atoms with Crippen molar-refractivity contribution in [3.63, 3.8) is 0 Å². The summed E-state index contributed by atoms with van der Waals surface area (Å²) in [6.07, 6.45) is 8.08. The van der Waals surface area contributed by atoms with Crippen molar-refractivity contribution in [1.82, 2.24) is 5.32 Å². The predicted molar refractivity (Wildman–Crippen MR) is 72.0 cm³/mol. The number of rotatable bonds is 4. The zero-order chi connectivity index (χ0) is 11.4. The highest BCUT2D eigenvalue weighted by molar-refractivity contribution is 7.11. The molecule has 0 radical (unpaired) electrons. The Kier molecular flexibility index (Phi) is 4.04. The molecule has 1 heterocycles. The van der Waals surface area contributed by atoms with Crippen LogP contribution in [0.1, 0.15) is 55.7 Å². The normalized spacial score (nSPS) is 19.9. The average molecular weight is 237 g/mol. The lowest BCUT2D eigenvalue weighted by Crippen LogP contribution is -2.43. The first-order chi connectivity index (χ1) is 7.72. The van der Waals surface area contributed by atoms with Gasteiger partial charge in [-0.3, -0.25) is 0 Å². The second-order valence-electron chi connectivity index (χ2n) is 5.20. The maximum Gasteiger partial charge on any atom is 0.0304 e. The van der Waals surface area contributed by atoms with Crippen LogP contribution in [0.3, 0.4) is 0 Å². The third kappa shape index (κ3) is 3.08. The molecule has 0 aliphatic heterocycles. The van der Waals surface area contributed by atoms with Gasteiger partial charge in [-0.05, 0) is 38.3 Å². The van der Waals surface area contributed by atoms with Crippen LogP contribution in [0.15, 0.2) is 12.1 Å². The van der Waals surface area contributed by atoms with Crippen LogP contribution in [0, 0.1) is 0 Å². The van der Waals surface area contributed by atoms with Crippen molar-refractivity contribution in [2.75, 3.05) is 0 Å². The largest absolute Gasteiger partial charge is 0.307 e. The number of hydrogen-bond donors (Lipinski definition) is 1. The summed E-state index contributed by atoms with van der Waals surface area (Å²) in [5, 5.41) is 3.76. The van der Waals surface area contributed by atoms with Gasteiger partial charge in [0.2, 0.25) is 0 Å². The van der Waals surface area contributed by atoms with Gasteiger partial charge in [-0.2, -0.15) is 0 Å². The first-order valence-corrected chi connectivity index (χ1v) is 7.36. The zero-order valence-electron chi connectivity index (χ0n) is 10.5. The molecular weight excluding hydrogens is 214 g/mol. The smallest absolute Gasteiger partial charge is 0.0304 e. The van der Waals surface area contributed by atoms with E-state index < -0.39 is 0 Å². The summed E-state index contributed by atoms with van der Waals surface area (Å²) < 4.78 is 0. The van der Waals surface area contributed by atoms with Crippen LogP contribution in [0.25, 0.3) is 0 Å². The van der Waals surface area contributed by atoms with Gasteiger partial charge in [-0.25, -0.2) is 0 Å². The van der Waals surface area contributed by atoms with Crippen LogP contribution in [0.2, 0.25) is 0 Å². The average Bonchev–Trinajstić information content (AvgIpc) is 2.75. The minimum Gasteiger partial charge on any atom is -0.307 e. The molecule has 1 aromatic heterocycles. The molecule has 0 bridgehead atoms. The quantitative estimate of drug-likeness (QED) is 0.830. The molecule has 16 heavy (non-hydrogen) atoms. The highest BCUT2D eigenvalue weighted by Gasteiger charge is 2.25. The van der Waals surface area contributed by atoms with Crippen LogP contribution >= 0.6 is 11.3 Å². The third-order valence-electron chi connectivity index (χ3n) is 3.71. The molecule has 2 heteroatoms. The lowest BCUT2D eigenvalue weighted by Gasteiger charge is -2.34. The molecule has 0 spiro atoms. The fraction of sp³-hybridized carbons (Fsp3) is 0.714. The molecule has 1 fully saturated rings. The Balaban J connectivity index is 1.86. The highest BCUT2D eigenvalue weighted by Crippen LogP contribution is 2.28. The van der Waals surface area contributed by atoms with Gasteiger partial charge < -0.3 is 5.32 Å². The molecule has 0 saturated heterocycles. The first-order valence-electron chi connectivity index (χ1n) is 6.54. The van der Waals surface area contributed by atoms with Gasteiger partial charge in [0, 0.05) is 21.8 Å². The Morgan fingerprint density at radius 3 is 2.50 bits per heavy atom. The minimum absolute atomic E-state index is 0.397. The van der Waals surface area contributed by atoms with Crippen molar-refractivity contribution >= 4 is 11.3 Å². The number of aryl methyl sites for hydroxylation is 1. The van der Waals surface area contributed by atoms with Crippen molar-refractivity contribution < 1.29 is 0 Å². The molecule has 1 aliphatic carbocycles. The van der Waals surface area contributed by atoms with Crippen LogP contribution in [-0.4, -0.2) is 5.54 Å². The van der Waals surface area contributed by atoms with Gasteiger partial charge in [0.25, 0.3) is 0 Å². The zero-order valence-corrected chi connectivity index (χ0v) is 11.3. The van der Waals surface area contributed by atoms with Gasteiger partial charge in [-0.1, -0.05) is 26.2 Å². The van der Waals surface area contributed by atoms with Crippen molar-refractivity contribution in [3.8, 4) is 0 Å². The molecule has 0 amide bonds. The molecule has 1 N–H and O–H groups in total. The fourth-order valence-corrected chi connectivity index (χ4v) is 3.41. The number of hydrogen-bond acceptors (Lipinski definition) is 2. The van der Waals surface area contributed by atoms with E-state index in [1.807, 2.05) is 11.3 Å². The predicted octanol–water partition coefficient (Wildman–Crippen LogP) is 4.12. The molecule has 2 rings (SSSR count). The second kappa shape index (κ2) is 5.33. The van der Waals surface area contributed by atoms with E-state index in [1.54, 1.807) is 0 Å². The Hall–Kier alpha value is -0.340. The maximum atomic E-state index is 3.76. The summed E-state index contributed by atoms with van der Waals surface area (Å²) in [6.45, 7) is 5.67. The van der Waals surface area contributed by atoms with Gasteiger partial charge >= 0.3 is 0 Å². The molecule has 1 aliphatic rings. The van der Waals surface area contributed by atoms with Crippen molar-refractivity contribution in [2.45, 2.75) is 64.5 Å². The third-order valence-corrected chi connectivity index (χ3v) is 4.94. The van der Waals surface area contributed by atoms with E-state index in [0.717, 1.165) is 6.54 Å². The molecule has 0 aromatic carbocycles. The van der Waals surface area contributed by atoms with Crippen molar-refractivity contribution in [3.05, 3.63) is 21.9 Å².